The average Bonchev–Trinajstić information content (AvgIpc) is 3.57. The van der Waals surface area contributed by atoms with Crippen molar-refractivity contribution in [1.29, 1.82) is 0 Å². The number of piperazine rings is 1. The fourth-order valence-electron chi connectivity index (χ4n) is 5.33. The van der Waals surface area contributed by atoms with Gasteiger partial charge in [0.05, 0.1) is 35.1 Å². The van der Waals surface area contributed by atoms with Gasteiger partial charge >= 0.3 is 6.09 Å². The van der Waals surface area contributed by atoms with Gasteiger partial charge < -0.3 is 19.5 Å². The lowest BCUT2D eigenvalue weighted by Crippen LogP contribution is -2.57. The summed E-state index contributed by atoms with van der Waals surface area (Å²) in [6, 6.07) is 5.10. The Hall–Kier alpha value is -3.93. The van der Waals surface area contributed by atoms with Crippen LogP contribution in [0.1, 0.15) is 45.5 Å². The highest BCUT2D eigenvalue weighted by Gasteiger charge is 2.35. The lowest BCUT2D eigenvalue weighted by molar-refractivity contribution is 0.0231. The van der Waals surface area contributed by atoms with Gasteiger partial charge in [-0.2, -0.15) is 5.10 Å². The molecular formula is C26H30ClN9O3. The largest absolute Gasteiger partial charge is 0.444 e. The maximum absolute atomic E-state index is 14.1. The predicted molar refractivity (Wildman–Crippen MR) is 147 cm³/mol. The second-order valence-corrected chi connectivity index (χ2v) is 11.2. The number of amides is 1. The van der Waals surface area contributed by atoms with Gasteiger partial charge in [-0.05, 0) is 45.7 Å². The first kappa shape index (κ1) is 25.4. The van der Waals surface area contributed by atoms with Crippen molar-refractivity contribution in [2.45, 2.75) is 45.3 Å². The highest BCUT2D eigenvalue weighted by molar-refractivity contribution is 6.35. The molecule has 39 heavy (non-hydrogen) atoms. The molecule has 2 saturated heterocycles. The molecule has 0 saturated carbocycles. The molecule has 0 radical (unpaired) electrons. The van der Waals surface area contributed by atoms with Gasteiger partial charge in [0.1, 0.15) is 11.9 Å². The quantitative estimate of drug-likeness (QED) is 0.379. The van der Waals surface area contributed by atoms with Crippen molar-refractivity contribution < 1.29 is 9.53 Å². The van der Waals surface area contributed by atoms with Crippen LogP contribution in [0.2, 0.25) is 5.02 Å². The number of hydrogen-bond acceptors (Lipinski definition) is 9. The fraction of sp³-hybridized carbons (Fsp3) is 0.462. The third-order valence-electron chi connectivity index (χ3n) is 7.04. The van der Waals surface area contributed by atoms with Crippen LogP contribution in [0, 0.1) is 0 Å². The minimum absolute atomic E-state index is 0.222. The van der Waals surface area contributed by atoms with Crippen molar-refractivity contribution in [2.24, 2.45) is 0 Å². The van der Waals surface area contributed by atoms with E-state index in [9.17, 15) is 9.59 Å². The molecule has 6 rings (SSSR count). The van der Waals surface area contributed by atoms with Crippen LogP contribution in [0.3, 0.4) is 0 Å². The Morgan fingerprint density at radius 2 is 1.90 bits per heavy atom. The van der Waals surface area contributed by atoms with Crippen molar-refractivity contribution in [3.8, 4) is 0 Å². The number of aromatic nitrogens is 6. The van der Waals surface area contributed by atoms with Crippen molar-refractivity contribution in [3.63, 3.8) is 0 Å². The monoisotopic (exact) mass is 551 g/mol. The molecule has 0 aliphatic carbocycles. The summed E-state index contributed by atoms with van der Waals surface area (Å²) in [6.45, 7) is 7.98. The van der Waals surface area contributed by atoms with Gasteiger partial charge in [0.25, 0.3) is 5.56 Å². The van der Waals surface area contributed by atoms with E-state index in [2.05, 4.69) is 20.0 Å². The van der Waals surface area contributed by atoms with Crippen LogP contribution in [0.25, 0.3) is 16.6 Å². The summed E-state index contributed by atoms with van der Waals surface area (Å²) in [5, 5.41) is 6.94. The zero-order valence-electron chi connectivity index (χ0n) is 22.1. The normalized spacial score (nSPS) is 18.4. The molecule has 0 spiro atoms. The van der Waals surface area contributed by atoms with E-state index in [0.717, 1.165) is 19.4 Å². The summed E-state index contributed by atoms with van der Waals surface area (Å²) in [4.78, 5) is 44.6. The number of rotatable bonds is 3. The summed E-state index contributed by atoms with van der Waals surface area (Å²) in [5.41, 5.74) is 0.386. The lowest BCUT2D eigenvalue weighted by Gasteiger charge is -2.39. The number of hydrogen-bond donors (Lipinski definition) is 0. The van der Waals surface area contributed by atoms with Crippen molar-refractivity contribution in [3.05, 3.63) is 58.1 Å². The van der Waals surface area contributed by atoms with Gasteiger partial charge in [0.2, 0.25) is 0 Å². The Balaban J connectivity index is 1.41. The number of halogens is 1. The smallest absolute Gasteiger partial charge is 0.410 e. The molecule has 13 heteroatoms. The SMILES string of the molecule is CC(C)(C)OC(=O)N1CCN(n2c([C@@H]3CCCN3c3ncnn4ccnc34)nc3cccc(Cl)c3c2=O)CC1. The van der Waals surface area contributed by atoms with E-state index in [1.807, 2.05) is 31.8 Å². The van der Waals surface area contributed by atoms with Crippen LogP contribution in [0.5, 0.6) is 0 Å². The summed E-state index contributed by atoms with van der Waals surface area (Å²) in [7, 11) is 0. The molecule has 2 aliphatic rings. The summed E-state index contributed by atoms with van der Waals surface area (Å²) < 4.78 is 8.90. The zero-order chi connectivity index (χ0) is 27.3. The molecule has 5 heterocycles. The number of imidazole rings is 1. The van der Waals surface area contributed by atoms with E-state index in [4.69, 9.17) is 21.3 Å². The van der Waals surface area contributed by atoms with Gasteiger partial charge in [-0.1, -0.05) is 17.7 Å². The Kier molecular flexibility index (Phi) is 6.29. The van der Waals surface area contributed by atoms with E-state index in [1.165, 1.54) is 6.33 Å². The Labute approximate surface area is 229 Å². The molecule has 1 aromatic carbocycles. The summed E-state index contributed by atoms with van der Waals surface area (Å²) in [5.74, 6) is 1.31. The maximum Gasteiger partial charge on any atom is 0.410 e. The minimum Gasteiger partial charge on any atom is -0.444 e. The number of carbonyl (C=O) groups excluding carboxylic acids is 1. The molecule has 2 aliphatic heterocycles. The topological polar surface area (TPSA) is 114 Å². The zero-order valence-corrected chi connectivity index (χ0v) is 22.9. The highest BCUT2D eigenvalue weighted by atomic mass is 35.5. The number of benzene rings is 1. The first-order chi connectivity index (χ1) is 18.7. The standard InChI is InChI=1S/C26H30ClN9O3/c1-26(2,3)39-25(38)32-12-14-33(15-13-32)36-21(31-18-7-4-6-17(27)20(18)24(36)37)19-8-5-10-34(19)22-23-28-9-11-35(23)30-16-29-22/h4,6-7,9,11,16,19H,5,8,10,12-15H2,1-3H3/t19-/m0/s1. The van der Waals surface area contributed by atoms with Crippen LogP contribution in [-0.4, -0.2) is 78.6 Å². The van der Waals surface area contributed by atoms with Gasteiger partial charge in [-0.15, -0.1) is 0 Å². The van der Waals surface area contributed by atoms with Crippen molar-refractivity contribution in [2.75, 3.05) is 42.6 Å². The maximum atomic E-state index is 14.1. The molecule has 1 amide bonds. The Morgan fingerprint density at radius 3 is 2.67 bits per heavy atom. The van der Waals surface area contributed by atoms with Crippen molar-refractivity contribution in [1.82, 2.24) is 34.1 Å². The second kappa shape index (κ2) is 9.67. The first-order valence-electron chi connectivity index (χ1n) is 13.1. The lowest BCUT2D eigenvalue weighted by atomic mass is 10.1. The number of carbonyl (C=O) groups is 1. The molecule has 0 unspecified atom stereocenters. The molecule has 3 aromatic heterocycles. The van der Waals surface area contributed by atoms with Gasteiger partial charge in [-0.25, -0.2) is 28.9 Å². The van der Waals surface area contributed by atoms with E-state index < -0.39 is 5.60 Å². The number of anilines is 1. The van der Waals surface area contributed by atoms with E-state index in [0.29, 0.717) is 59.4 Å². The van der Waals surface area contributed by atoms with Gasteiger partial charge in [0.15, 0.2) is 17.3 Å². The molecule has 0 bridgehead atoms. The van der Waals surface area contributed by atoms with Crippen LogP contribution in [-0.2, 0) is 4.74 Å². The van der Waals surface area contributed by atoms with Crippen LogP contribution >= 0.6 is 11.6 Å². The number of ether oxygens (including phenoxy) is 1. The van der Waals surface area contributed by atoms with E-state index >= 15 is 0 Å². The predicted octanol–water partition coefficient (Wildman–Crippen LogP) is 3.02. The molecule has 4 aromatic rings. The van der Waals surface area contributed by atoms with Gasteiger partial charge in [0, 0.05) is 32.0 Å². The third kappa shape index (κ3) is 4.62. The molecule has 1 atom stereocenters. The van der Waals surface area contributed by atoms with Crippen LogP contribution < -0.4 is 15.5 Å². The molecule has 0 N–H and O–H groups in total. The Morgan fingerprint density at radius 1 is 1.10 bits per heavy atom. The molecule has 204 valence electrons. The molecule has 12 nitrogen and oxygen atoms in total. The summed E-state index contributed by atoms with van der Waals surface area (Å²) in [6.07, 6.45) is 6.31. The first-order valence-corrected chi connectivity index (χ1v) is 13.4. The van der Waals surface area contributed by atoms with Crippen molar-refractivity contribution >= 4 is 40.1 Å². The Bertz CT molecular complexity index is 1600. The molecular weight excluding hydrogens is 522 g/mol. The minimum atomic E-state index is -0.579. The average molecular weight is 552 g/mol. The number of fused-ring (bicyclic) bond motifs is 2. The van der Waals surface area contributed by atoms with Crippen LogP contribution in [0.15, 0.2) is 41.7 Å². The third-order valence-corrected chi connectivity index (χ3v) is 7.36. The fourth-order valence-corrected chi connectivity index (χ4v) is 5.58. The van der Waals surface area contributed by atoms with E-state index in [1.54, 1.807) is 38.6 Å². The van der Waals surface area contributed by atoms with Gasteiger partial charge in [-0.3, -0.25) is 4.79 Å². The van der Waals surface area contributed by atoms with Crippen LogP contribution in [0.4, 0.5) is 10.6 Å². The summed E-state index contributed by atoms with van der Waals surface area (Å²) >= 11 is 6.51. The highest BCUT2D eigenvalue weighted by Crippen LogP contribution is 2.36. The number of nitrogens with zero attached hydrogens (tertiary/aromatic N) is 9. The second-order valence-electron chi connectivity index (χ2n) is 10.8. The molecule has 2 fully saturated rings. The van der Waals surface area contributed by atoms with E-state index in [-0.39, 0.29) is 17.7 Å².